The number of hydrogen-bond donors (Lipinski definition) is 1. The maximum atomic E-state index is 13.0. The molecule has 1 unspecified atom stereocenters. The number of aryl methyl sites for hydroxylation is 3. The zero-order chi connectivity index (χ0) is 21.3. The van der Waals surface area contributed by atoms with Crippen molar-refractivity contribution >= 4 is 20.9 Å². The minimum atomic E-state index is -3.65. The third kappa shape index (κ3) is 4.17. The molecular formula is C22H29N3O3S. The molecule has 1 aromatic heterocycles. The number of methoxy groups -OCH3 is 1. The summed E-state index contributed by atoms with van der Waals surface area (Å²) in [7, 11) is 3.87. The Morgan fingerprint density at radius 1 is 1.14 bits per heavy atom. The van der Waals surface area contributed by atoms with Gasteiger partial charge in [0.15, 0.2) is 0 Å². The molecule has 3 rings (SSSR count). The lowest BCUT2D eigenvalue weighted by atomic mass is 10.1. The van der Waals surface area contributed by atoms with Gasteiger partial charge in [0.2, 0.25) is 10.0 Å². The molecule has 156 valence electrons. The normalized spacial score (nSPS) is 13.2. The molecular weight excluding hydrogens is 386 g/mol. The Balaban J connectivity index is 1.91. The molecule has 1 N–H and O–H groups in total. The minimum absolute atomic E-state index is 0.101. The highest BCUT2D eigenvalue weighted by Gasteiger charge is 2.23. The molecule has 0 saturated carbocycles. The summed E-state index contributed by atoms with van der Waals surface area (Å²) in [5.74, 6) is 0.714. The lowest BCUT2D eigenvalue weighted by Gasteiger charge is -2.24. The molecule has 7 heteroatoms. The second kappa shape index (κ2) is 8.18. The van der Waals surface area contributed by atoms with Gasteiger partial charge in [0.25, 0.3) is 0 Å². The first-order valence-corrected chi connectivity index (χ1v) is 11.0. The molecule has 0 saturated heterocycles. The molecule has 2 aromatic carbocycles. The number of para-hydroxylation sites is 1. The predicted octanol–water partition coefficient (Wildman–Crippen LogP) is 3.38. The summed E-state index contributed by atoms with van der Waals surface area (Å²) in [6.07, 6.45) is 2.07. The maximum Gasteiger partial charge on any atom is 0.240 e. The lowest BCUT2D eigenvalue weighted by molar-refractivity contribution is 0.301. The molecule has 0 spiro atoms. The summed E-state index contributed by atoms with van der Waals surface area (Å²) in [5.41, 5.74) is 3.81. The number of sulfonamides is 1. The topological polar surface area (TPSA) is 63.6 Å². The van der Waals surface area contributed by atoms with Gasteiger partial charge in [-0.25, -0.2) is 13.1 Å². The van der Waals surface area contributed by atoms with Crippen LogP contribution in [0.15, 0.2) is 47.5 Å². The first-order chi connectivity index (χ1) is 13.7. The van der Waals surface area contributed by atoms with Crippen LogP contribution in [0.2, 0.25) is 0 Å². The molecule has 0 aliphatic carbocycles. The highest BCUT2D eigenvalue weighted by atomic mass is 32.2. The van der Waals surface area contributed by atoms with Gasteiger partial charge >= 0.3 is 0 Å². The number of fused-ring (bicyclic) bond motifs is 1. The van der Waals surface area contributed by atoms with Crippen molar-refractivity contribution in [2.75, 3.05) is 27.7 Å². The molecule has 0 amide bonds. The number of likely N-dealkylation sites (N-methyl/N-ethyl adjacent to an activating group) is 1. The molecule has 1 atom stereocenters. The van der Waals surface area contributed by atoms with Crippen molar-refractivity contribution in [1.82, 2.24) is 14.2 Å². The largest absolute Gasteiger partial charge is 0.496 e. The highest BCUT2D eigenvalue weighted by molar-refractivity contribution is 7.89. The third-order valence-electron chi connectivity index (χ3n) is 5.33. The van der Waals surface area contributed by atoms with Crippen molar-refractivity contribution in [3.05, 3.63) is 59.3 Å². The van der Waals surface area contributed by atoms with Gasteiger partial charge in [0, 0.05) is 36.7 Å². The van der Waals surface area contributed by atoms with E-state index < -0.39 is 10.0 Å². The first-order valence-electron chi connectivity index (χ1n) is 9.51. The summed E-state index contributed by atoms with van der Waals surface area (Å²) in [6, 6.07) is 11.4. The van der Waals surface area contributed by atoms with Crippen molar-refractivity contribution in [3.63, 3.8) is 0 Å². The van der Waals surface area contributed by atoms with Gasteiger partial charge in [-0.05, 0) is 62.8 Å². The minimum Gasteiger partial charge on any atom is -0.496 e. The Labute approximate surface area is 173 Å². The number of benzene rings is 2. The van der Waals surface area contributed by atoms with Crippen LogP contribution in [-0.4, -0.2) is 45.6 Å². The van der Waals surface area contributed by atoms with Gasteiger partial charge < -0.3 is 14.2 Å². The number of rotatable bonds is 7. The molecule has 0 fully saturated rings. The Bertz CT molecular complexity index is 1110. The van der Waals surface area contributed by atoms with E-state index in [1.54, 1.807) is 19.2 Å². The van der Waals surface area contributed by atoms with Crippen LogP contribution < -0.4 is 9.46 Å². The van der Waals surface area contributed by atoms with E-state index in [1.165, 1.54) is 0 Å². The molecule has 0 aliphatic heterocycles. The Morgan fingerprint density at radius 2 is 1.76 bits per heavy atom. The number of ether oxygens (including phenoxy) is 1. The van der Waals surface area contributed by atoms with Gasteiger partial charge in [0.1, 0.15) is 5.75 Å². The molecule has 6 nitrogen and oxygen atoms in total. The van der Waals surface area contributed by atoms with Gasteiger partial charge in [0.05, 0.1) is 12.0 Å². The number of nitrogens with one attached hydrogen (secondary N) is 1. The third-order valence-corrected chi connectivity index (χ3v) is 6.73. The van der Waals surface area contributed by atoms with Crippen LogP contribution in [0.3, 0.4) is 0 Å². The van der Waals surface area contributed by atoms with Crippen LogP contribution in [0.4, 0.5) is 0 Å². The maximum absolute atomic E-state index is 13.0. The standard InChI is InChI=1S/C22H29N3O3S/c1-15-11-17(12-16(2)22(15)28-6)29(26,27)23-13-21(24(3)4)19-14-25(5)20-10-8-7-9-18(19)20/h7-12,14,21,23H,13H2,1-6H3. The molecule has 3 aromatic rings. The molecule has 0 aliphatic rings. The number of nitrogens with zero attached hydrogens (tertiary/aromatic N) is 2. The predicted molar refractivity (Wildman–Crippen MR) is 117 cm³/mol. The SMILES string of the molecule is COc1c(C)cc(S(=O)(=O)NCC(c2cn(C)c3ccccc23)N(C)C)cc1C. The van der Waals surface area contributed by atoms with Crippen LogP contribution >= 0.6 is 0 Å². The van der Waals surface area contributed by atoms with Crippen molar-refractivity contribution in [2.45, 2.75) is 24.8 Å². The fourth-order valence-corrected chi connectivity index (χ4v) is 5.08. The fourth-order valence-electron chi connectivity index (χ4n) is 3.87. The summed E-state index contributed by atoms with van der Waals surface area (Å²) >= 11 is 0. The van der Waals surface area contributed by atoms with Crippen LogP contribution in [0.25, 0.3) is 10.9 Å². The van der Waals surface area contributed by atoms with E-state index in [-0.39, 0.29) is 17.5 Å². The smallest absolute Gasteiger partial charge is 0.240 e. The van der Waals surface area contributed by atoms with Gasteiger partial charge in [-0.15, -0.1) is 0 Å². The Hall–Kier alpha value is -2.35. The van der Waals surface area contributed by atoms with Gasteiger partial charge in [-0.1, -0.05) is 18.2 Å². The van der Waals surface area contributed by atoms with E-state index in [4.69, 9.17) is 4.74 Å². The lowest BCUT2D eigenvalue weighted by Crippen LogP contribution is -2.34. The molecule has 0 radical (unpaired) electrons. The monoisotopic (exact) mass is 415 g/mol. The second-order valence-corrected chi connectivity index (χ2v) is 9.40. The van der Waals surface area contributed by atoms with Crippen molar-refractivity contribution in [1.29, 1.82) is 0 Å². The van der Waals surface area contributed by atoms with Gasteiger partial charge in [-0.3, -0.25) is 0 Å². The van der Waals surface area contributed by atoms with Crippen molar-refractivity contribution in [2.24, 2.45) is 7.05 Å². The fraction of sp³-hybridized carbons (Fsp3) is 0.364. The van der Waals surface area contributed by atoms with Crippen LogP contribution in [0.5, 0.6) is 5.75 Å². The summed E-state index contributed by atoms with van der Waals surface area (Å²) in [4.78, 5) is 2.29. The quantitative estimate of drug-likeness (QED) is 0.643. The van der Waals surface area contributed by atoms with Crippen LogP contribution in [0, 0.1) is 13.8 Å². The summed E-state index contributed by atoms with van der Waals surface area (Å²) in [6.45, 7) is 3.97. The highest BCUT2D eigenvalue weighted by Crippen LogP contribution is 2.29. The second-order valence-electron chi connectivity index (χ2n) is 7.63. The zero-order valence-electron chi connectivity index (χ0n) is 17.9. The van der Waals surface area contributed by atoms with Crippen LogP contribution in [-0.2, 0) is 17.1 Å². The average Bonchev–Trinajstić information content (AvgIpc) is 2.98. The molecule has 29 heavy (non-hydrogen) atoms. The summed E-state index contributed by atoms with van der Waals surface area (Å²) < 4.78 is 36.2. The first kappa shape index (κ1) is 21.4. The Morgan fingerprint density at radius 3 is 2.34 bits per heavy atom. The van der Waals surface area contributed by atoms with E-state index in [2.05, 4.69) is 27.6 Å². The van der Waals surface area contributed by atoms with Crippen molar-refractivity contribution < 1.29 is 13.2 Å². The van der Waals surface area contributed by atoms with Crippen molar-refractivity contribution in [3.8, 4) is 5.75 Å². The van der Waals surface area contributed by atoms with Crippen LogP contribution in [0.1, 0.15) is 22.7 Å². The Kier molecular flexibility index (Phi) is 6.03. The van der Waals surface area contributed by atoms with E-state index >= 15 is 0 Å². The number of hydrogen-bond acceptors (Lipinski definition) is 4. The summed E-state index contributed by atoms with van der Waals surface area (Å²) in [5, 5.41) is 1.13. The number of aromatic nitrogens is 1. The van der Waals surface area contributed by atoms with E-state index in [0.717, 1.165) is 27.6 Å². The molecule has 0 bridgehead atoms. The van der Waals surface area contributed by atoms with E-state index in [9.17, 15) is 8.42 Å². The zero-order valence-corrected chi connectivity index (χ0v) is 18.7. The molecule has 1 heterocycles. The van der Waals surface area contributed by atoms with Gasteiger partial charge in [-0.2, -0.15) is 0 Å². The van der Waals surface area contributed by atoms with E-state index in [1.807, 2.05) is 52.0 Å². The van der Waals surface area contributed by atoms with E-state index in [0.29, 0.717) is 5.75 Å². The average molecular weight is 416 g/mol.